The monoisotopic (exact) mass is 650 g/mol. The fourth-order valence-corrected chi connectivity index (χ4v) is 7.02. The predicted octanol–water partition coefficient (Wildman–Crippen LogP) is 6.10. The maximum atomic E-state index is 14.4. The third-order valence-corrected chi connectivity index (χ3v) is 9.11. The number of fused-ring (bicyclic) bond motifs is 2. The number of ether oxygens (including phenoxy) is 3. The summed E-state index contributed by atoms with van der Waals surface area (Å²) in [5.74, 6) is 0.679. The smallest absolute Gasteiger partial charge is 0.338 e. The van der Waals surface area contributed by atoms with Gasteiger partial charge in [-0.25, -0.2) is 14.6 Å². The highest BCUT2D eigenvalue weighted by atomic mass is 32.1. The predicted molar refractivity (Wildman–Crippen MR) is 180 cm³/mol. The number of aromatic nitrogens is 1. The van der Waals surface area contributed by atoms with Crippen LogP contribution < -0.4 is 19.6 Å². The van der Waals surface area contributed by atoms with Gasteiger partial charge in [0.25, 0.3) is 5.56 Å². The Hall–Kier alpha value is -5.22. The lowest BCUT2D eigenvalue weighted by atomic mass is 9.90. The van der Waals surface area contributed by atoms with Crippen molar-refractivity contribution in [3.63, 3.8) is 0 Å². The first-order chi connectivity index (χ1) is 22.8. The molecule has 1 aliphatic heterocycles. The number of carbonyl (C=O) groups excluding carboxylic acids is 2. The minimum atomic E-state index is -0.835. The van der Waals surface area contributed by atoms with E-state index in [-0.39, 0.29) is 12.2 Å². The van der Waals surface area contributed by atoms with Gasteiger partial charge in [0.05, 0.1) is 42.2 Å². The molecule has 0 saturated heterocycles. The molecule has 1 aliphatic rings. The molecule has 0 amide bonds. The van der Waals surface area contributed by atoms with E-state index in [0.717, 1.165) is 28.3 Å². The summed E-state index contributed by atoms with van der Waals surface area (Å²) in [4.78, 5) is 45.4. The number of carbonyl (C=O) groups is 2. The van der Waals surface area contributed by atoms with Crippen LogP contribution in [-0.4, -0.2) is 37.3 Å². The quantitative estimate of drug-likeness (QED) is 0.178. The number of hydrogen-bond acceptors (Lipinski definition) is 9. The molecule has 5 aromatic rings. The van der Waals surface area contributed by atoms with E-state index in [0.29, 0.717) is 55.4 Å². The Labute approximate surface area is 275 Å². The summed E-state index contributed by atoms with van der Waals surface area (Å²) >= 11 is 1.24. The molecular formula is C37H34N2O7S. The molecule has 0 aliphatic carbocycles. The SMILES string of the molecule is CCCC1=C(C(=O)OCC)[C@@H](c2c(OC)ccc3ccccc23)n2c(s/c(=C/c3ccc(-c4ccc(C(=O)OC)cc4C)o3)c2=O)=N1. The molecule has 3 aromatic carbocycles. The topological polar surface area (TPSA) is 109 Å². The average Bonchev–Trinajstić information content (AvgIpc) is 3.67. The number of methoxy groups -OCH3 is 2. The van der Waals surface area contributed by atoms with Crippen LogP contribution in [0.25, 0.3) is 28.2 Å². The summed E-state index contributed by atoms with van der Waals surface area (Å²) in [5, 5.41) is 1.80. The van der Waals surface area contributed by atoms with Gasteiger partial charge in [-0.15, -0.1) is 0 Å². The van der Waals surface area contributed by atoms with E-state index in [4.69, 9.17) is 23.6 Å². The maximum Gasteiger partial charge on any atom is 0.338 e. The summed E-state index contributed by atoms with van der Waals surface area (Å²) in [5.41, 5.74) is 3.39. The lowest BCUT2D eigenvalue weighted by molar-refractivity contribution is -0.139. The van der Waals surface area contributed by atoms with Crippen LogP contribution in [0.3, 0.4) is 0 Å². The Balaban J connectivity index is 1.54. The van der Waals surface area contributed by atoms with Crippen LogP contribution in [0.1, 0.15) is 60.0 Å². The van der Waals surface area contributed by atoms with E-state index < -0.39 is 18.0 Å². The largest absolute Gasteiger partial charge is 0.496 e. The first-order valence-corrected chi connectivity index (χ1v) is 16.2. The standard InChI is InChI=1S/C37H34N2O7S/c1-6-10-27-32(36(42)45-7-2)33(31-26-12-9-8-11-22(26)14-17-29(31)43-4)39-34(40)30(47-37(39)38-27)20-24-15-18-28(46-24)25-16-13-23(19-21(25)3)35(41)44-5/h8-9,11-20,33H,6-7,10H2,1-5H3/b30-20+/t33-/m1/s1. The number of nitrogens with zero attached hydrogens (tertiary/aromatic N) is 2. The van der Waals surface area contributed by atoms with Crippen molar-refractivity contribution in [3.8, 4) is 17.1 Å². The molecule has 2 aromatic heterocycles. The third-order valence-electron chi connectivity index (χ3n) is 8.13. The van der Waals surface area contributed by atoms with Crippen LogP contribution >= 0.6 is 11.3 Å². The number of aryl methyl sites for hydroxylation is 1. The Morgan fingerprint density at radius 3 is 2.55 bits per heavy atom. The highest BCUT2D eigenvalue weighted by molar-refractivity contribution is 7.07. The van der Waals surface area contributed by atoms with Crippen molar-refractivity contribution in [2.45, 2.75) is 39.7 Å². The first kappa shape index (κ1) is 31.7. The maximum absolute atomic E-state index is 14.4. The summed E-state index contributed by atoms with van der Waals surface area (Å²) in [6.45, 7) is 5.84. The van der Waals surface area contributed by atoms with Gasteiger partial charge in [-0.05, 0) is 66.9 Å². The molecule has 3 heterocycles. The second-order valence-corrected chi connectivity index (χ2v) is 12.0. The van der Waals surface area contributed by atoms with Crippen molar-refractivity contribution in [1.82, 2.24) is 4.57 Å². The van der Waals surface area contributed by atoms with Crippen molar-refractivity contribution in [3.05, 3.63) is 120 Å². The number of rotatable bonds is 9. The molecule has 9 nitrogen and oxygen atoms in total. The zero-order chi connectivity index (χ0) is 33.2. The van der Waals surface area contributed by atoms with E-state index in [9.17, 15) is 14.4 Å². The minimum absolute atomic E-state index is 0.178. The highest BCUT2D eigenvalue weighted by Crippen LogP contribution is 2.41. The molecular weight excluding hydrogens is 616 g/mol. The molecule has 0 bridgehead atoms. The van der Waals surface area contributed by atoms with Crippen molar-refractivity contribution in [2.24, 2.45) is 4.99 Å². The number of furan rings is 1. The Morgan fingerprint density at radius 1 is 1.02 bits per heavy atom. The van der Waals surface area contributed by atoms with Gasteiger partial charge in [0.15, 0.2) is 4.80 Å². The summed E-state index contributed by atoms with van der Waals surface area (Å²) < 4.78 is 24.4. The van der Waals surface area contributed by atoms with Crippen molar-refractivity contribution < 1.29 is 28.2 Å². The summed E-state index contributed by atoms with van der Waals surface area (Å²) in [7, 11) is 2.93. The molecule has 0 spiro atoms. The Morgan fingerprint density at radius 2 is 1.83 bits per heavy atom. The molecule has 0 unspecified atom stereocenters. The molecule has 10 heteroatoms. The number of esters is 2. The summed E-state index contributed by atoms with van der Waals surface area (Å²) in [6, 6.07) is 19.7. The van der Waals surface area contributed by atoms with Gasteiger partial charge in [0.2, 0.25) is 0 Å². The van der Waals surface area contributed by atoms with Crippen LogP contribution in [0, 0.1) is 6.92 Å². The lowest BCUT2D eigenvalue weighted by Crippen LogP contribution is -2.40. The Bertz CT molecular complexity index is 2240. The van der Waals surface area contributed by atoms with Gasteiger partial charge < -0.3 is 18.6 Å². The molecule has 0 fully saturated rings. The molecule has 0 N–H and O–H groups in total. The Kier molecular flexibility index (Phi) is 8.95. The van der Waals surface area contributed by atoms with E-state index in [2.05, 4.69) is 0 Å². The number of thiazole rings is 1. The van der Waals surface area contributed by atoms with E-state index in [1.54, 1.807) is 42.9 Å². The van der Waals surface area contributed by atoms with E-state index in [1.807, 2.05) is 62.4 Å². The van der Waals surface area contributed by atoms with Gasteiger partial charge in [0.1, 0.15) is 23.3 Å². The normalized spacial score (nSPS) is 14.6. The highest BCUT2D eigenvalue weighted by Gasteiger charge is 2.37. The molecule has 1 atom stereocenters. The van der Waals surface area contributed by atoms with Gasteiger partial charge in [-0.2, -0.15) is 0 Å². The number of benzene rings is 3. The zero-order valence-corrected chi connectivity index (χ0v) is 27.6. The molecule has 0 saturated carbocycles. The minimum Gasteiger partial charge on any atom is -0.496 e. The first-order valence-electron chi connectivity index (χ1n) is 15.4. The van der Waals surface area contributed by atoms with Gasteiger partial charge in [-0.3, -0.25) is 9.36 Å². The second-order valence-electron chi connectivity index (χ2n) is 11.0. The molecule has 0 radical (unpaired) electrons. The van der Waals surface area contributed by atoms with Crippen molar-refractivity contribution in [2.75, 3.05) is 20.8 Å². The van der Waals surface area contributed by atoms with Crippen LogP contribution in [-0.2, 0) is 14.3 Å². The second kappa shape index (κ2) is 13.3. The fourth-order valence-electron chi connectivity index (χ4n) is 6.02. The summed E-state index contributed by atoms with van der Waals surface area (Å²) in [6.07, 6.45) is 2.96. The molecule has 6 rings (SSSR count). The van der Waals surface area contributed by atoms with E-state index in [1.165, 1.54) is 18.4 Å². The zero-order valence-electron chi connectivity index (χ0n) is 26.8. The van der Waals surface area contributed by atoms with Crippen molar-refractivity contribution >= 4 is 40.1 Å². The van der Waals surface area contributed by atoms with Crippen LogP contribution in [0.5, 0.6) is 5.75 Å². The van der Waals surface area contributed by atoms with Gasteiger partial charge in [-0.1, -0.05) is 61.1 Å². The van der Waals surface area contributed by atoms with Crippen LogP contribution in [0.4, 0.5) is 0 Å². The van der Waals surface area contributed by atoms with Crippen LogP contribution in [0.15, 0.2) is 92.2 Å². The van der Waals surface area contributed by atoms with Gasteiger partial charge in [0, 0.05) is 17.2 Å². The van der Waals surface area contributed by atoms with Crippen LogP contribution in [0.2, 0.25) is 0 Å². The number of allylic oxidation sites excluding steroid dienone is 1. The van der Waals surface area contributed by atoms with E-state index >= 15 is 0 Å². The fraction of sp³-hybridized carbons (Fsp3) is 0.243. The van der Waals surface area contributed by atoms with Gasteiger partial charge >= 0.3 is 11.9 Å². The lowest BCUT2D eigenvalue weighted by Gasteiger charge is -2.28. The van der Waals surface area contributed by atoms with Crippen molar-refractivity contribution in [1.29, 1.82) is 0 Å². The number of hydrogen-bond donors (Lipinski definition) is 0. The molecule has 47 heavy (non-hydrogen) atoms. The third kappa shape index (κ3) is 5.81. The average molecular weight is 651 g/mol. The molecule has 240 valence electrons.